The first-order valence-electron chi connectivity index (χ1n) is 8.70. The molecule has 7 heteroatoms. The molecule has 0 radical (unpaired) electrons. The second-order valence-electron chi connectivity index (χ2n) is 6.71. The standard InChI is InChI=1S/C20H20N2O5/c1-26-17(23)16-11-20(25)14-9-5-6-10-15(14)21-18(20)22(16)19(24)27-12-13-7-3-2-4-8-13/h2-10,16,18,21,25H,11-12H2,1H3/t16-,18-,20+/m0/s1. The summed E-state index contributed by atoms with van der Waals surface area (Å²) in [5, 5.41) is 14.4. The zero-order valence-corrected chi connectivity index (χ0v) is 14.8. The minimum atomic E-state index is -1.39. The van der Waals surface area contributed by atoms with Crippen molar-refractivity contribution in [1.82, 2.24) is 4.90 Å². The van der Waals surface area contributed by atoms with Gasteiger partial charge in [0.25, 0.3) is 0 Å². The number of fused-ring (bicyclic) bond motifs is 3. The second-order valence-corrected chi connectivity index (χ2v) is 6.71. The van der Waals surface area contributed by atoms with Gasteiger partial charge in [0.2, 0.25) is 0 Å². The number of carbonyl (C=O) groups is 2. The summed E-state index contributed by atoms with van der Waals surface area (Å²) in [6.07, 6.45) is -1.45. The van der Waals surface area contributed by atoms with Crippen LogP contribution >= 0.6 is 0 Å². The minimum absolute atomic E-state index is 0.0365. The molecule has 2 heterocycles. The number of nitrogens with one attached hydrogen (secondary N) is 1. The lowest BCUT2D eigenvalue weighted by Crippen LogP contribution is -2.50. The quantitative estimate of drug-likeness (QED) is 0.808. The molecule has 7 nitrogen and oxygen atoms in total. The lowest BCUT2D eigenvalue weighted by Gasteiger charge is -2.29. The normalized spacial score (nSPS) is 25.3. The third-order valence-corrected chi connectivity index (χ3v) is 5.15. The van der Waals surface area contributed by atoms with Crippen LogP contribution in [0.5, 0.6) is 0 Å². The molecule has 27 heavy (non-hydrogen) atoms. The second kappa shape index (κ2) is 6.59. The number of methoxy groups -OCH3 is 1. The molecule has 1 saturated heterocycles. The summed E-state index contributed by atoms with van der Waals surface area (Å²) < 4.78 is 10.3. The van der Waals surface area contributed by atoms with E-state index in [0.29, 0.717) is 5.56 Å². The van der Waals surface area contributed by atoms with E-state index in [1.807, 2.05) is 48.5 Å². The molecule has 0 unspecified atom stereocenters. The molecule has 0 spiro atoms. The van der Waals surface area contributed by atoms with Gasteiger partial charge in [-0.2, -0.15) is 0 Å². The van der Waals surface area contributed by atoms with Gasteiger partial charge in [0, 0.05) is 17.7 Å². The van der Waals surface area contributed by atoms with Gasteiger partial charge >= 0.3 is 12.1 Å². The van der Waals surface area contributed by atoms with Crippen molar-refractivity contribution in [3.63, 3.8) is 0 Å². The largest absolute Gasteiger partial charge is 0.467 e. The topological polar surface area (TPSA) is 88.1 Å². The smallest absolute Gasteiger partial charge is 0.412 e. The highest BCUT2D eigenvalue weighted by Gasteiger charge is 2.61. The van der Waals surface area contributed by atoms with Crippen molar-refractivity contribution in [3.8, 4) is 0 Å². The van der Waals surface area contributed by atoms with Crippen molar-refractivity contribution >= 4 is 17.7 Å². The highest BCUT2D eigenvalue weighted by atomic mass is 16.6. The Morgan fingerprint density at radius 1 is 1.19 bits per heavy atom. The fourth-order valence-electron chi connectivity index (χ4n) is 3.85. The Labute approximate surface area is 156 Å². The van der Waals surface area contributed by atoms with E-state index in [4.69, 9.17) is 9.47 Å². The van der Waals surface area contributed by atoms with E-state index in [1.54, 1.807) is 6.07 Å². The fourth-order valence-corrected chi connectivity index (χ4v) is 3.85. The van der Waals surface area contributed by atoms with E-state index in [-0.39, 0.29) is 13.0 Å². The SMILES string of the molecule is COC(=O)[C@@H]1C[C@@]2(O)c3ccccc3N[C@H]2N1C(=O)OCc1ccccc1. The van der Waals surface area contributed by atoms with Crippen molar-refractivity contribution in [2.75, 3.05) is 12.4 Å². The average Bonchev–Trinajstić information content (AvgIpc) is 3.15. The van der Waals surface area contributed by atoms with E-state index in [0.717, 1.165) is 11.3 Å². The van der Waals surface area contributed by atoms with Crippen molar-refractivity contribution < 1.29 is 24.2 Å². The molecule has 3 atom stereocenters. The van der Waals surface area contributed by atoms with Gasteiger partial charge in [0.05, 0.1) is 7.11 Å². The molecule has 0 saturated carbocycles. The van der Waals surface area contributed by atoms with E-state index in [1.165, 1.54) is 12.0 Å². The first-order chi connectivity index (χ1) is 13.0. The molecule has 0 aromatic heterocycles. The molecule has 2 aromatic carbocycles. The maximum Gasteiger partial charge on any atom is 0.412 e. The van der Waals surface area contributed by atoms with Crippen LogP contribution in [0, 0.1) is 0 Å². The molecule has 1 fully saturated rings. The van der Waals surface area contributed by atoms with Gasteiger partial charge in [-0.25, -0.2) is 9.59 Å². The van der Waals surface area contributed by atoms with E-state index in [9.17, 15) is 14.7 Å². The molecule has 2 N–H and O–H groups in total. The highest BCUT2D eigenvalue weighted by Crippen LogP contribution is 2.49. The van der Waals surface area contributed by atoms with Crippen LogP contribution in [0.4, 0.5) is 10.5 Å². The third kappa shape index (κ3) is 2.80. The van der Waals surface area contributed by atoms with Crippen LogP contribution < -0.4 is 5.32 Å². The zero-order chi connectivity index (χ0) is 19.0. The Morgan fingerprint density at radius 2 is 1.89 bits per heavy atom. The number of rotatable bonds is 3. The average molecular weight is 368 g/mol. The molecule has 0 bridgehead atoms. The molecule has 0 aliphatic carbocycles. The molecular formula is C20H20N2O5. The minimum Gasteiger partial charge on any atom is -0.467 e. The molecule has 1 amide bonds. The Morgan fingerprint density at radius 3 is 2.63 bits per heavy atom. The van der Waals surface area contributed by atoms with Gasteiger partial charge in [0.15, 0.2) is 0 Å². The number of amides is 1. The van der Waals surface area contributed by atoms with Crippen molar-refractivity contribution in [1.29, 1.82) is 0 Å². The maximum absolute atomic E-state index is 12.8. The first kappa shape index (κ1) is 17.4. The zero-order valence-electron chi connectivity index (χ0n) is 14.8. The predicted molar refractivity (Wildman–Crippen MR) is 96.6 cm³/mol. The van der Waals surface area contributed by atoms with Gasteiger partial charge in [-0.05, 0) is 11.6 Å². The van der Waals surface area contributed by atoms with Gasteiger partial charge in [-0.15, -0.1) is 0 Å². The lowest BCUT2D eigenvalue weighted by molar-refractivity contribution is -0.145. The number of hydrogen-bond donors (Lipinski definition) is 2. The molecule has 4 rings (SSSR count). The van der Waals surface area contributed by atoms with Gasteiger partial charge < -0.3 is 19.9 Å². The van der Waals surface area contributed by atoms with Crippen LogP contribution in [0.2, 0.25) is 0 Å². The molecule has 2 aliphatic rings. The fraction of sp³-hybridized carbons (Fsp3) is 0.300. The van der Waals surface area contributed by atoms with Crippen LogP contribution in [0.25, 0.3) is 0 Å². The van der Waals surface area contributed by atoms with Crippen LogP contribution in [-0.2, 0) is 26.5 Å². The van der Waals surface area contributed by atoms with E-state index < -0.39 is 29.9 Å². The van der Waals surface area contributed by atoms with Gasteiger partial charge in [0.1, 0.15) is 24.4 Å². The lowest BCUT2D eigenvalue weighted by atomic mass is 9.91. The Kier molecular flexibility index (Phi) is 4.24. The van der Waals surface area contributed by atoms with Crippen LogP contribution in [0.3, 0.4) is 0 Å². The predicted octanol–water partition coefficient (Wildman–Crippen LogP) is 2.21. The summed E-state index contributed by atoms with van der Waals surface area (Å²) in [6.45, 7) is 0.0716. The van der Waals surface area contributed by atoms with Gasteiger partial charge in [-0.1, -0.05) is 48.5 Å². The van der Waals surface area contributed by atoms with Crippen molar-refractivity contribution in [2.45, 2.75) is 30.8 Å². The number of nitrogens with zero attached hydrogens (tertiary/aromatic N) is 1. The number of carbonyl (C=O) groups excluding carboxylic acids is 2. The number of esters is 1. The van der Waals surface area contributed by atoms with E-state index >= 15 is 0 Å². The number of benzene rings is 2. The number of aliphatic hydroxyl groups is 1. The number of hydrogen-bond acceptors (Lipinski definition) is 6. The Hall–Kier alpha value is -3.06. The summed E-state index contributed by atoms with van der Waals surface area (Å²) in [6, 6.07) is 15.6. The van der Waals surface area contributed by atoms with Crippen molar-refractivity contribution in [2.24, 2.45) is 0 Å². The monoisotopic (exact) mass is 368 g/mol. The Balaban J connectivity index is 1.61. The summed E-state index contributed by atoms with van der Waals surface area (Å²) >= 11 is 0. The summed E-state index contributed by atoms with van der Waals surface area (Å²) in [5.41, 5.74) is 0.829. The number of ether oxygens (including phenoxy) is 2. The molecule has 140 valence electrons. The number of anilines is 1. The van der Waals surface area contributed by atoms with Crippen LogP contribution in [-0.4, -0.2) is 41.4 Å². The van der Waals surface area contributed by atoms with Crippen LogP contribution in [0.15, 0.2) is 54.6 Å². The Bertz CT molecular complexity index is 872. The van der Waals surface area contributed by atoms with Crippen LogP contribution in [0.1, 0.15) is 17.5 Å². The number of para-hydroxylation sites is 1. The summed E-state index contributed by atoms with van der Waals surface area (Å²) in [7, 11) is 1.26. The first-order valence-corrected chi connectivity index (χ1v) is 8.70. The third-order valence-electron chi connectivity index (χ3n) is 5.15. The summed E-state index contributed by atoms with van der Waals surface area (Å²) in [5.74, 6) is -0.589. The molecule has 2 aliphatic heterocycles. The molecular weight excluding hydrogens is 348 g/mol. The van der Waals surface area contributed by atoms with E-state index in [2.05, 4.69) is 5.32 Å². The summed E-state index contributed by atoms with van der Waals surface area (Å²) in [4.78, 5) is 26.4. The maximum atomic E-state index is 12.8. The molecule has 2 aromatic rings. The highest BCUT2D eigenvalue weighted by molar-refractivity contribution is 5.84. The van der Waals surface area contributed by atoms with Crippen molar-refractivity contribution in [3.05, 3.63) is 65.7 Å². The van der Waals surface area contributed by atoms with Gasteiger partial charge in [-0.3, -0.25) is 4.90 Å². The number of likely N-dealkylation sites (tertiary alicyclic amines) is 1.